The van der Waals surface area contributed by atoms with Crippen molar-refractivity contribution in [1.82, 2.24) is 15.1 Å². The number of hydrogen-bond donors (Lipinski definition) is 2. The number of hydrogen-bond acceptors (Lipinski definition) is 4. The lowest BCUT2D eigenvalue weighted by atomic mass is 10.1. The van der Waals surface area contributed by atoms with E-state index in [0.29, 0.717) is 17.8 Å². The fourth-order valence-electron chi connectivity index (χ4n) is 2.04. The highest BCUT2D eigenvalue weighted by molar-refractivity contribution is 5.95. The predicted octanol–water partition coefficient (Wildman–Crippen LogP) is -0.101. The van der Waals surface area contributed by atoms with Crippen molar-refractivity contribution in [3.8, 4) is 0 Å². The number of rotatable bonds is 4. The van der Waals surface area contributed by atoms with Gasteiger partial charge in [0.1, 0.15) is 5.56 Å². The lowest BCUT2D eigenvalue weighted by molar-refractivity contribution is 0.0932. The van der Waals surface area contributed by atoms with Gasteiger partial charge in [0.2, 0.25) is 0 Å². The molecule has 1 saturated carbocycles. The molecule has 0 aliphatic heterocycles. The molecule has 1 amide bonds. The van der Waals surface area contributed by atoms with Gasteiger partial charge >= 0.3 is 0 Å². The first-order valence-corrected chi connectivity index (χ1v) is 6.34. The van der Waals surface area contributed by atoms with Crippen molar-refractivity contribution in [2.45, 2.75) is 26.7 Å². The molecule has 1 aliphatic carbocycles. The average Bonchev–Trinajstić information content (AvgIpc) is 3.15. The number of nitrogens with one attached hydrogen (secondary N) is 1. The minimum atomic E-state index is -0.394. The third-order valence-electron chi connectivity index (χ3n) is 3.87. The van der Waals surface area contributed by atoms with Gasteiger partial charge in [-0.05, 0) is 32.3 Å². The quantitative estimate of drug-likeness (QED) is 0.796. The van der Waals surface area contributed by atoms with Gasteiger partial charge in [0.25, 0.3) is 11.5 Å². The second kappa shape index (κ2) is 4.77. The molecule has 1 heterocycles. The SMILES string of the molecule is Cc1nn(C)c(=O)c(C(=O)NCC2(CO)CC2)c1C. The van der Waals surface area contributed by atoms with Crippen LogP contribution >= 0.6 is 0 Å². The van der Waals surface area contributed by atoms with Crippen LogP contribution in [0.15, 0.2) is 4.79 Å². The van der Waals surface area contributed by atoms with E-state index in [1.54, 1.807) is 13.8 Å². The van der Waals surface area contributed by atoms with Crippen LogP contribution in [0.25, 0.3) is 0 Å². The summed E-state index contributed by atoms with van der Waals surface area (Å²) in [6.07, 6.45) is 1.83. The molecule has 1 aromatic heterocycles. The Morgan fingerprint density at radius 3 is 2.63 bits per heavy atom. The fourth-order valence-corrected chi connectivity index (χ4v) is 2.04. The molecule has 19 heavy (non-hydrogen) atoms. The monoisotopic (exact) mass is 265 g/mol. The molecule has 1 aliphatic rings. The van der Waals surface area contributed by atoms with Gasteiger partial charge in [-0.1, -0.05) is 0 Å². The molecular formula is C13H19N3O3. The van der Waals surface area contributed by atoms with Gasteiger partial charge in [0, 0.05) is 19.0 Å². The number of aromatic nitrogens is 2. The topological polar surface area (TPSA) is 84.2 Å². The first-order chi connectivity index (χ1) is 8.90. The number of carbonyl (C=O) groups excluding carboxylic acids is 1. The molecular weight excluding hydrogens is 246 g/mol. The van der Waals surface area contributed by atoms with Gasteiger partial charge < -0.3 is 10.4 Å². The molecule has 0 atom stereocenters. The van der Waals surface area contributed by atoms with Crippen molar-refractivity contribution in [2.75, 3.05) is 13.2 Å². The van der Waals surface area contributed by atoms with E-state index in [9.17, 15) is 14.7 Å². The van der Waals surface area contributed by atoms with E-state index in [4.69, 9.17) is 0 Å². The molecule has 1 fully saturated rings. The first kappa shape index (κ1) is 13.7. The van der Waals surface area contributed by atoms with Crippen molar-refractivity contribution in [3.05, 3.63) is 27.2 Å². The molecule has 1 aromatic rings. The molecule has 6 heteroatoms. The van der Waals surface area contributed by atoms with Gasteiger partial charge in [-0.15, -0.1) is 0 Å². The Hall–Kier alpha value is -1.69. The Morgan fingerprint density at radius 1 is 1.47 bits per heavy atom. The summed E-state index contributed by atoms with van der Waals surface area (Å²) in [5, 5.41) is 16.0. The summed E-state index contributed by atoms with van der Waals surface area (Å²) in [7, 11) is 1.53. The summed E-state index contributed by atoms with van der Waals surface area (Å²) < 4.78 is 1.18. The van der Waals surface area contributed by atoms with E-state index < -0.39 is 5.56 Å². The van der Waals surface area contributed by atoms with Gasteiger partial charge in [-0.25, -0.2) is 4.68 Å². The summed E-state index contributed by atoms with van der Waals surface area (Å²) in [5.41, 5.74) is 0.847. The summed E-state index contributed by atoms with van der Waals surface area (Å²) in [6.45, 7) is 3.96. The number of aliphatic hydroxyl groups is 1. The zero-order valence-corrected chi connectivity index (χ0v) is 11.5. The summed E-state index contributed by atoms with van der Waals surface area (Å²) in [4.78, 5) is 24.1. The molecule has 2 N–H and O–H groups in total. The largest absolute Gasteiger partial charge is 0.396 e. The van der Waals surface area contributed by atoms with Crippen LogP contribution in [-0.2, 0) is 7.05 Å². The Kier molecular flexibility index (Phi) is 3.45. The highest BCUT2D eigenvalue weighted by Gasteiger charge is 2.42. The second-order valence-electron chi connectivity index (χ2n) is 5.35. The van der Waals surface area contributed by atoms with Crippen molar-refractivity contribution < 1.29 is 9.90 Å². The zero-order valence-electron chi connectivity index (χ0n) is 11.5. The van der Waals surface area contributed by atoms with Gasteiger partial charge in [-0.3, -0.25) is 9.59 Å². The van der Waals surface area contributed by atoms with Gasteiger partial charge in [-0.2, -0.15) is 5.10 Å². The lowest BCUT2D eigenvalue weighted by Gasteiger charge is -2.14. The van der Waals surface area contributed by atoms with E-state index in [-0.39, 0.29) is 23.5 Å². The van der Waals surface area contributed by atoms with Crippen LogP contribution in [0.3, 0.4) is 0 Å². The number of carbonyl (C=O) groups is 1. The van der Waals surface area contributed by atoms with Crippen LogP contribution in [0.2, 0.25) is 0 Å². The van der Waals surface area contributed by atoms with E-state index in [1.807, 2.05) is 0 Å². The third-order valence-corrected chi connectivity index (χ3v) is 3.87. The van der Waals surface area contributed by atoms with Crippen LogP contribution in [-0.4, -0.2) is 33.9 Å². The van der Waals surface area contributed by atoms with E-state index in [1.165, 1.54) is 11.7 Å². The molecule has 0 aromatic carbocycles. The first-order valence-electron chi connectivity index (χ1n) is 6.34. The number of nitrogens with zero attached hydrogens (tertiary/aromatic N) is 2. The second-order valence-corrected chi connectivity index (χ2v) is 5.35. The Morgan fingerprint density at radius 2 is 2.11 bits per heavy atom. The summed E-state index contributed by atoms with van der Waals surface area (Å²) in [5.74, 6) is -0.386. The predicted molar refractivity (Wildman–Crippen MR) is 70.0 cm³/mol. The van der Waals surface area contributed by atoms with Gasteiger partial charge in [0.15, 0.2) is 0 Å². The molecule has 0 bridgehead atoms. The minimum Gasteiger partial charge on any atom is -0.396 e. The highest BCUT2D eigenvalue weighted by atomic mass is 16.3. The number of amides is 1. The highest BCUT2D eigenvalue weighted by Crippen LogP contribution is 2.44. The Balaban J connectivity index is 2.22. The van der Waals surface area contributed by atoms with Crippen molar-refractivity contribution in [3.63, 3.8) is 0 Å². The smallest absolute Gasteiger partial charge is 0.279 e. The van der Waals surface area contributed by atoms with Crippen LogP contribution in [0.1, 0.15) is 34.5 Å². The number of aryl methyl sites for hydroxylation is 2. The summed E-state index contributed by atoms with van der Waals surface area (Å²) >= 11 is 0. The van der Waals surface area contributed by atoms with E-state index >= 15 is 0 Å². The maximum absolute atomic E-state index is 12.1. The normalized spacial score (nSPS) is 16.2. The van der Waals surface area contributed by atoms with Crippen molar-refractivity contribution in [1.29, 1.82) is 0 Å². The zero-order chi connectivity index (χ0) is 14.2. The standard InChI is InChI=1S/C13H19N3O3/c1-8-9(2)15-16(3)12(19)10(8)11(18)14-6-13(7-17)4-5-13/h17H,4-7H2,1-3H3,(H,14,18). The molecule has 6 nitrogen and oxygen atoms in total. The molecule has 2 rings (SSSR count). The third kappa shape index (κ3) is 2.53. The Bertz CT molecular complexity index is 573. The number of aliphatic hydroxyl groups excluding tert-OH is 1. The van der Waals surface area contributed by atoms with Gasteiger partial charge in [0.05, 0.1) is 12.3 Å². The van der Waals surface area contributed by atoms with E-state index in [0.717, 1.165) is 12.8 Å². The minimum absolute atomic E-state index is 0.0691. The Labute approximate surface area is 111 Å². The van der Waals surface area contributed by atoms with Crippen LogP contribution in [0.4, 0.5) is 0 Å². The summed E-state index contributed by atoms with van der Waals surface area (Å²) in [6, 6.07) is 0. The van der Waals surface area contributed by atoms with Crippen LogP contribution < -0.4 is 10.9 Å². The maximum Gasteiger partial charge on any atom is 0.279 e. The fraction of sp³-hybridized carbons (Fsp3) is 0.615. The molecule has 0 spiro atoms. The molecule has 0 unspecified atom stereocenters. The lowest BCUT2D eigenvalue weighted by Crippen LogP contribution is -2.38. The molecule has 0 radical (unpaired) electrons. The van der Waals surface area contributed by atoms with Crippen LogP contribution in [0, 0.1) is 19.3 Å². The molecule has 104 valence electrons. The average molecular weight is 265 g/mol. The van der Waals surface area contributed by atoms with Crippen LogP contribution in [0.5, 0.6) is 0 Å². The van der Waals surface area contributed by atoms with Crippen molar-refractivity contribution in [2.24, 2.45) is 12.5 Å². The maximum atomic E-state index is 12.1. The molecule has 0 saturated heterocycles. The van der Waals surface area contributed by atoms with E-state index in [2.05, 4.69) is 10.4 Å². The van der Waals surface area contributed by atoms with Crippen molar-refractivity contribution >= 4 is 5.91 Å².